The Morgan fingerprint density at radius 2 is 1.02 bits per heavy atom. The Morgan fingerprint density at radius 3 is 1.43 bits per heavy atom. The second kappa shape index (κ2) is 19.3. The quantitative estimate of drug-likeness (QED) is 0.124. The van der Waals surface area contributed by atoms with Gasteiger partial charge in [0.1, 0.15) is 25.3 Å². The number of hydrogen-bond acceptors (Lipinski definition) is 10. The van der Waals surface area contributed by atoms with Crippen LogP contribution >= 0.6 is 0 Å². The zero-order valence-corrected chi connectivity index (χ0v) is 36.5. The average molecular weight is 858 g/mol. The van der Waals surface area contributed by atoms with E-state index in [0.717, 1.165) is 16.7 Å². The van der Waals surface area contributed by atoms with Crippen molar-refractivity contribution in [2.45, 2.75) is 103 Å². The summed E-state index contributed by atoms with van der Waals surface area (Å²) in [6.07, 6.45) is 0.437. The number of likely N-dealkylation sites (tertiary alicyclic amines) is 2. The van der Waals surface area contributed by atoms with Crippen LogP contribution in [0.1, 0.15) is 65.5 Å². The van der Waals surface area contributed by atoms with Crippen LogP contribution in [0, 0.1) is 0 Å². The summed E-state index contributed by atoms with van der Waals surface area (Å²) >= 11 is 0. The summed E-state index contributed by atoms with van der Waals surface area (Å²) in [4.78, 5) is 61.2. The average Bonchev–Trinajstić information content (AvgIpc) is 4.02. The molecule has 2 saturated heterocycles. The monoisotopic (exact) mass is 857 g/mol. The molecule has 1 aromatic heterocycles. The molecule has 5 aromatic rings. The smallest absolute Gasteiger partial charge is 0.410 e. The molecule has 4 amide bonds. The maximum atomic E-state index is 13.7. The molecule has 0 bridgehead atoms. The zero-order chi connectivity index (χ0) is 44.7. The highest BCUT2D eigenvalue weighted by Gasteiger charge is 2.44. The first-order valence-electron chi connectivity index (χ1n) is 21.2. The molecule has 14 nitrogen and oxygen atoms in total. The van der Waals surface area contributed by atoms with Gasteiger partial charge in [0.25, 0.3) is 0 Å². The van der Waals surface area contributed by atoms with E-state index < -0.39 is 35.5 Å². The third-order valence-electron chi connectivity index (χ3n) is 10.4. The summed E-state index contributed by atoms with van der Waals surface area (Å²) in [5.41, 5.74) is 3.28. The van der Waals surface area contributed by atoms with Crippen molar-refractivity contribution in [1.29, 1.82) is 0 Å². The maximum absolute atomic E-state index is 13.7. The fourth-order valence-corrected chi connectivity index (χ4v) is 7.68. The lowest BCUT2D eigenvalue weighted by Gasteiger charge is -2.25. The highest BCUT2D eigenvalue weighted by Crippen LogP contribution is 2.31. The number of benzene rings is 4. The van der Waals surface area contributed by atoms with Crippen LogP contribution in [0.15, 0.2) is 120 Å². The van der Waals surface area contributed by atoms with Crippen LogP contribution in [0.5, 0.6) is 0 Å². The predicted molar refractivity (Wildman–Crippen MR) is 237 cm³/mol. The van der Waals surface area contributed by atoms with Crippen molar-refractivity contribution in [3.8, 4) is 22.8 Å². The van der Waals surface area contributed by atoms with E-state index in [-0.39, 0.29) is 50.3 Å². The minimum Gasteiger partial charge on any atom is -0.445 e. The van der Waals surface area contributed by atoms with Gasteiger partial charge in [0.05, 0.1) is 42.7 Å². The number of carbonyl (C=O) groups excluding carboxylic acids is 4. The minimum atomic E-state index is -0.791. The summed E-state index contributed by atoms with van der Waals surface area (Å²) < 4.78 is 29.7. The number of aromatic nitrogens is 1. The van der Waals surface area contributed by atoms with Crippen molar-refractivity contribution in [1.82, 2.24) is 14.8 Å². The number of nitrogens with zero attached hydrogens (tertiary/aromatic N) is 3. The van der Waals surface area contributed by atoms with E-state index in [0.29, 0.717) is 41.4 Å². The van der Waals surface area contributed by atoms with Gasteiger partial charge in [-0.1, -0.05) is 60.7 Å². The number of nitrogens with one attached hydrogen (secondary N) is 2. The van der Waals surface area contributed by atoms with E-state index in [9.17, 15) is 19.2 Å². The Bertz CT molecular complexity index is 2180. The van der Waals surface area contributed by atoms with Crippen molar-refractivity contribution < 1.29 is 42.5 Å². The van der Waals surface area contributed by atoms with Crippen LogP contribution in [0.4, 0.5) is 21.0 Å². The number of anilines is 2. The summed E-state index contributed by atoms with van der Waals surface area (Å²) in [5, 5.41) is 5.90. The fourth-order valence-electron chi connectivity index (χ4n) is 7.68. The zero-order valence-electron chi connectivity index (χ0n) is 36.5. The largest absolute Gasteiger partial charge is 0.445 e. The fraction of sp³-hybridized carbons (Fsp3) is 0.367. The first-order chi connectivity index (χ1) is 30.1. The Labute approximate surface area is 367 Å². The van der Waals surface area contributed by atoms with E-state index in [4.69, 9.17) is 23.4 Å². The van der Waals surface area contributed by atoms with Gasteiger partial charge in [-0.15, -0.1) is 0 Å². The van der Waals surface area contributed by atoms with Gasteiger partial charge in [0.15, 0.2) is 5.76 Å². The highest BCUT2D eigenvalue weighted by molar-refractivity contribution is 5.98. The Kier molecular flexibility index (Phi) is 13.6. The number of hydrogen-bond donors (Lipinski definition) is 2. The van der Waals surface area contributed by atoms with Gasteiger partial charge in [-0.2, -0.15) is 0 Å². The van der Waals surface area contributed by atoms with Gasteiger partial charge in [-0.3, -0.25) is 19.4 Å². The highest BCUT2D eigenvalue weighted by atomic mass is 16.6. The van der Waals surface area contributed by atoms with Crippen LogP contribution in [0.25, 0.3) is 22.8 Å². The van der Waals surface area contributed by atoms with Crippen molar-refractivity contribution in [2.24, 2.45) is 0 Å². The molecule has 3 heterocycles. The normalized spacial score (nSPS) is 18.8. The summed E-state index contributed by atoms with van der Waals surface area (Å²) in [6.45, 7) is 12.3. The van der Waals surface area contributed by atoms with Gasteiger partial charge >= 0.3 is 12.2 Å². The van der Waals surface area contributed by atoms with Crippen LogP contribution in [0.3, 0.4) is 0 Å². The van der Waals surface area contributed by atoms with Gasteiger partial charge in [0, 0.05) is 35.3 Å². The summed E-state index contributed by atoms with van der Waals surface area (Å²) in [6, 6.07) is 31.4. The molecular formula is C49H55N5O9. The molecule has 0 aliphatic carbocycles. The van der Waals surface area contributed by atoms with Crippen molar-refractivity contribution in [2.75, 3.05) is 23.7 Å². The molecule has 2 fully saturated rings. The van der Waals surface area contributed by atoms with Gasteiger partial charge < -0.3 is 34.0 Å². The molecule has 63 heavy (non-hydrogen) atoms. The lowest BCUT2D eigenvalue weighted by Crippen LogP contribution is -2.43. The molecule has 4 aromatic carbocycles. The first kappa shape index (κ1) is 44.5. The van der Waals surface area contributed by atoms with Gasteiger partial charge in [-0.05, 0) is 101 Å². The second-order valence-electron chi connectivity index (χ2n) is 17.8. The standard InChI is InChI=1S/C49H55N5O9/c1-48(2,3)62-38-25-40(53(28-38)46(57)59-30-32-13-9-7-10-14-32)43(55)51-36-21-17-34(18-22-36)42-27-50-45(61-42)35-19-23-37(24-20-35)52-44(56)41-26-39(63-49(4,5)6)29-54(41)47(58)60-31-33-15-11-8-12-16-33/h7-24,27,38-41H,25-26,28-31H2,1-6H3,(H,51,55)(H,52,56)/t38-,39-,40+,41+/m1/s1. The van der Waals surface area contributed by atoms with Crippen molar-refractivity contribution in [3.05, 3.63) is 127 Å². The van der Waals surface area contributed by atoms with Crippen LogP contribution < -0.4 is 10.6 Å². The molecule has 2 aliphatic rings. The van der Waals surface area contributed by atoms with E-state index in [2.05, 4.69) is 15.6 Å². The molecule has 0 unspecified atom stereocenters. The molecule has 2 N–H and O–H groups in total. The SMILES string of the molecule is CC(C)(C)O[C@@H]1C[C@@H](C(=O)Nc2ccc(-c3cnc(-c4ccc(NC(=O)[C@@H]5C[C@@H](OC(C)(C)C)CN5C(=O)OCc5ccccc5)cc4)o3)cc2)N(C(=O)OCc2ccccc2)C1. The van der Waals surface area contributed by atoms with Crippen molar-refractivity contribution in [3.63, 3.8) is 0 Å². The third kappa shape index (κ3) is 12.1. The van der Waals surface area contributed by atoms with Gasteiger partial charge in [-0.25, -0.2) is 14.6 Å². The molecule has 4 atom stereocenters. The van der Waals surface area contributed by atoms with E-state index in [1.54, 1.807) is 42.6 Å². The third-order valence-corrected chi connectivity index (χ3v) is 10.4. The second-order valence-corrected chi connectivity index (χ2v) is 17.8. The summed E-state index contributed by atoms with van der Waals surface area (Å²) in [7, 11) is 0. The van der Waals surface area contributed by atoms with Crippen LogP contribution in [0.2, 0.25) is 0 Å². The number of ether oxygens (including phenoxy) is 4. The molecule has 0 spiro atoms. The number of amides is 4. The van der Waals surface area contributed by atoms with E-state index >= 15 is 0 Å². The van der Waals surface area contributed by atoms with Gasteiger partial charge in [0.2, 0.25) is 17.7 Å². The molecule has 330 valence electrons. The maximum Gasteiger partial charge on any atom is 0.410 e. The van der Waals surface area contributed by atoms with E-state index in [1.807, 2.05) is 114 Å². The number of rotatable bonds is 12. The topological polar surface area (TPSA) is 162 Å². The lowest BCUT2D eigenvalue weighted by molar-refractivity contribution is -0.120. The Balaban J connectivity index is 0.954. The Hall–Kier alpha value is -6.51. The molecule has 7 rings (SSSR count). The number of carbonyl (C=O) groups is 4. The predicted octanol–water partition coefficient (Wildman–Crippen LogP) is 9.08. The lowest BCUT2D eigenvalue weighted by atomic mass is 10.1. The summed E-state index contributed by atoms with van der Waals surface area (Å²) in [5.74, 6) is 0.191. The van der Waals surface area contributed by atoms with Crippen LogP contribution in [-0.4, -0.2) is 87.4 Å². The van der Waals surface area contributed by atoms with Crippen molar-refractivity contribution >= 4 is 35.4 Å². The first-order valence-corrected chi connectivity index (χ1v) is 21.2. The molecule has 0 radical (unpaired) electrons. The Morgan fingerprint density at radius 1 is 0.603 bits per heavy atom. The molecule has 14 heteroatoms. The minimum absolute atomic E-state index is 0.0915. The molecular weight excluding hydrogens is 803 g/mol. The van der Waals surface area contributed by atoms with Crippen LogP contribution in [-0.2, 0) is 41.8 Å². The molecule has 0 saturated carbocycles. The molecule has 2 aliphatic heterocycles. The number of oxazole rings is 1. The van der Waals surface area contributed by atoms with E-state index in [1.165, 1.54) is 9.80 Å².